The van der Waals surface area contributed by atoms with Crippen molar-refractivity contribution in [1.82, 2.24) is 4.57 Å². The van der Waals surface area contributed by atoms with Gasteiger partial charge >= 0.3 is 5.97 Å². The lowest BCUT2D eigenvalue weighted by Crippen LogP contribution is -2.26. The Morgan fingerprint density at radius 2 is 2.07 bits per heavy atom. The average molecular weight is 402 g/mol. The lowest BCUT2D eigenvalue weighted by molar-refractivity contribution is 0.0524. The van der Waals surface area contributed by atoms with Crippen molar-refractivity contribution in [3.05, 3.63) is 39.4 Å². The van der Waals surface area contributed by atoms with E-state index in [0.717, 1.165) is 24.8 Å². The summed E-state index contributed by atoms with van der Waals surface area (Å²) in [5.41, 5.74) is 1.45. The van der Waals surface area contributed by atoms with Crippen LogP contribution in [0.15, 0.2) is 17.1 Å². The number of aliphatic hydroxyl groups excluding tert-OH is 1. The minimum absolute atomic E-state index is 0.0440. The molecule has 1 saturated heterocycles. The minimum atomic E-state index is -0.669. The highest BCUT2D eigenvalue weighted by Crippen LogP contribution is 2.41. The Morgan fingerprint density at radius 1 is 1.31 bits per heavy atom. The molecule has 0 spiro atoms. The first-order valence-corrected chi connectivity index (χ1v) is 10.5. The van der Waals surface area contributed by atoms with Gasteiger partial charge in [-0.1, -0.05) is 13.3 Å². The molecule has 1 aliphatic heterocycles. The molecular weight excluding hydrogens is 375 g/mol. The summed E-state index contributed by atoms with van der Waals surface area (Å²) in [6.07, 6.45) is 5.04. The van der Waals surface area contributed by atoms with Crippen molar-refractivity contribution in [1.29, 1.82) is 0 Å². The summed E-state index contributed by atoms with van der Waals surface area (Å²) >= 11 is 0. The third-order valence-electron chi connectivity index (χ3n) is 5.75. The Labute approximate surface area is 168 Å². The van der Waals surface area contributed by atoms with Crippen LogP contribution in [0.2, 0.25) is 0 Å². The van der Waals surface area contributed by atoms with E-state index in [-0.39, 0.29) is 23.6 Å². The molecule has 1 aliphatic carbocycles. The summed E-state index contributed by atoms with van der Waals surface area (Å²) in [6.45, 7) is 4.84. The maximum absolute atomic E-state index is 15.3. The summed E-state index contributed by atoms with van der Waals surface area (Å²) in [4.78, 5) is 27.3. The lowest BCUT2D eigenvalue weighted by Gasteiger charge is -2.25. The highest BCUT2D eigenvalue weighted by atomic mass is 19.1. The van der Waals surface area contributed by atoms with E-state index < -0.39 is 23.3 Å². The van der Waals surface area contributed by atoms with E-state index in [9.17, 15) is 14.7 Å². The van der Waals surface area contributed by atoms with Crippen LogP contribution in [0.1, 0.15) is 61.5 Å². The maximum Gasteiger partial charge on any atom is 0.343 e. The number of β-amino-alcohol motifs (C(OH)–C–C–N with tert-alkyl or cyclic N) is 1. The number of nitrogens with zero attached hydrogens (tertiary/aromatic N) is 2. The normalized spacial score (nSPS) is 19.2. The SMILES string of the molecule is CCCc1c(N2CCC(O)C2)c(F)cc2c(=O)c(C(=O)OCC)cn(C3CC3)c12. The van der Waals surface area contributed by atoms with E-state index in [0.29, 0.717) is 37.1 Å². The molecule has 29 heavy (non-hydrogen) atoms. The van der Waals surface area contributed by atoms with E-state index in [1.807, 2.05) is 16.4 Å². The smallest absolute Gasteiger partial charge is 0.343 e. The van der Waals surface area contributed by atoms with E-state index in [1.165, 1.54) is 6.07 Å². The molecule has 1 saturated carbocycles. The molecule has 2 fully saturated rings. The zero-order valence-corrected chi connectivity index (χ0v) is 16.9. The fourth-order valence-corrected chi connectivity index (χ4v) is 4.33. The van der Waals surface area contributed by atoms with Crippen molar-refractivity contribution in [3.8, 4) is 0 Å². The van der Waals surface area contributed by atoms with Gasteiger partial charge in [0.25, 0.3) is 0 Å². The van der Waals surface area contributed by atoms with Crippen LogP contribution in [0.25, 0.3) is 10.9 Å². The predicted molar refractivity (Wildman–Crippen MR) is 109 cm³/mol. The molecule has 2 aromatic rings. The molecule has 0 radical (unpaired) electrons. The molecule has 0 bridgehead atoms. The van der Waals surface area contributed by atoms with Gasteiger partial charge in [-0.3, -0.25) is 4.79 Å². The van der Waals surface area contributed by atoms with Gasteiger partial charge in [0.2, 0.25) is 5.43 Å². The number of halogens is 1. The number of carbonyl (C=O) groups excluding carboxylic acids is 1. The Bertz CT molecular complexity index is 1010. The van der Waals surface area contributed by atoms with E-state index in [4.69, 9.17) is 4.74 Å². The molecule has 2 aliphatic rings. The highest BCUT2D eigenvalue weighted by Gasteiger charge is 2.32. The molecule has 156 valence electrons. The van der Waals surface area contributed by atoms with Gasteiger partial charge in [-0.05, 0) is 38.7 Å². The maximum atomic E-state index is 15.3. The lowest BCUT2D eigenvalue weighted by atomic mass is 9.99. The Kier molecular flexibility index (Phi) is 5.34. The number of hydrogen-bond acceptors (Lipinski definition) is 5. The molecular formula is C22H27FN2O4. The van der Waals surface area contributed by atoms with Crippen molar-refractivity contribution < 1.29 is 19.0 Å². The Morgan fingerprint density at radius 3 is 2.66 bits per heavy atom. The van der Waals surface area contributed by atoms with Gasteiger partial charge in [0, 0.05) is 36.3 Å². The van der Waals surface area contributed by atoms with Crippen LogP contribution in [0.4, 0.5) is 10.1 Å². The van der Waals surface area contributed by atoms with Crippen LogP contribution in [0.3, 0.4) is 0 Å². The number of aromatic nitrogens is 1. The molecule has 1 atom stereocenters. The second-order valence-electron chi connectivity index (χ2n) is 7.95. The van der Waals surface area contributed by atoms with Crippen molar-refractivity contribution in [2.24, 2.45) is 0 Å². The highest BCUT2D eigenvalue weighted by molar-refractivity contribution is 5.96. The third-order valence-corrected chi connectivity index (χ3v) is 5.75. The fraction of sp³-hybridized carbons (Fsp3) is 0.545. The number of pyridine rings is 1. The monoisotopic (exact) mass is 402 g/mol. The average Bonchev–Trinajstić information content (AvgIpc) is 3.44. The number of carbonyl (C=O) groups is 1. The van der Waals surface area contributed by atoms with Gasteiger partial charge < -0.3 is 19.3 Å². The second-order valence-corrected chi connectivity index (χ2v) is 7.95. The first kappa shape index (κ1) is 19.9. The van der Waals surface area contributed by atoms with Gasteiger partial charge in [-0.15, -0.1) is 0 Å². The Hall–Kier alpha value is -2.41. The fourth-order valence-electron chi connectivity index (χ4n) is 4.33. The molecule has 7 heteroatoms. The number of rotatable bonds is 6. The number of benzene rings is 1. The summed E-state index contributed by atoms with van der Waals surface area (Å²) in [5.74, 6) is -1.14. The van der Waals surface area contributed by atoms with Crippen molar-refractivity contribution in [3.63, 3.8) is 0 Å². The number of ether oxygens (including phenoxy) is 1. The standard InChI is InChI=1S/C22H27FN2O4/c1-3-5-15-19-16(10-18(23)20(15)24-9-8-14(26)11-24)21(27)17(22(28)29-4-2)12-25(19)13-6-7-13/h10,12-14,26H,3-9,11H2,1-2H3. The number of anilines is 1. The van der Waals surface area contributed by atoms with Crippen molar-refractivity contribution >= 4 is 22.6 Å². The summed E-state index contributed by atoms with van der Waals surface area (Å²) in [7, 11) is 0. The number of hydrogen-bond donors (Lipinski definition) is 1. The van der Waals surface area contributed by atoms with E-state index in [1.54, 1.807) is 13.1 Å². The zero-order chi connectivity index (χ0) is 20.7. The van der Waals surface area contributed by atoms with Crippen LogP contribution < -0.4 is 10.3 Å². The summed E-state index contributed by atoms with van der Waals surface area (Å²) < 4.78 is 22.3. The van der Waals surface area contributed by atoms with Crippen LogP contribution in [0.5, 0.6) is 0 Å². The number of aryl methyl sites for hydroxylation is 1. The zero-order valence-electron chi connectivity index (χ0n) is 16.9. The molecule has 1 aromatic carbocycles. The number of esters is 1. The van der Waals surface area contributed by atoms with Gasteiger partial charge in [0.15, 0.2) is 0 Å². The first-order chi connectivity index (χ1) is 14.0. The number of aliphatic hydroxyl groups is 1. The largest absolute Gasteiger partial charge is 0.462 e. The van der Waals surface area contributed by atoms with Crippen LogP contribution >= 0.6 is 0 Å². The van der Waals surface area contributed by atoms with Gasteiger partial charge in [-0.2, -0.15) is 0 Å². The quantitative estimate of drug-likeness (QED) is 0.752. The number of fused-ring (bicyclic) bond motifs is 1. The first-order valence-electron chi connectivity index (χ1n) is 10.5. The van der Waals surface area contributed by atoms with Gasteiger partial charge in [-0.25, -0.2) is 9.18 Å². The topological polar surface area (TPSA) is 71.8 Å². The third kappa shape index (κ3) is 3.52. The van der Waals surface area contributed by atoms with E-state index >= 15 is 4.39 Å². The minimum Gasteiger partial charge on any atom is -0.462 e. The predicted octanol–water partition coefficient (Wildman–Crippen LogP) is 3.18. The molecule has 0 amide bonds. The molecule has 4 rings (SSSR count). The van der Waals surface area contributed by atoms with Gasteiger partial charge in [0.05, 0.1) is 23.9 Å². The molecule has 1 N–H and O–H groups in total. The molecule has 2 heterocycles. The van der Waals surface area contributed by atoms with Crippen molar-refractivity contribution in [2.45, 2.75) is 58.1 Å². The van der Waals surface area contributed by atoms with Crippen LogP contribution in [0, 0.1) is 5.82 Å². The van der Waals surface area contributed by atoms with Gasteiger partial charge in [0.1, 0.15) is 11.4 Å². The second kappa shape index (κ2) is 7.78. The van der Waals surface area contributed by atoms with E-state index in [2.05, 4.69) is 0 Å². The molecule has 6 nitrogen and oxygen atoms in total. The molecule has 1 aromatic heterocycles. The van der Waals surface area contributed by atoms with Crippen LogP contribution in [-0.2, 0) is 11.2 Å². The van der Waals surface area contributed by atoms with Crippen molar-refractivity contribution in [2.75, 3.05) is 24.6 Å². The summed E-state index contributed by atoms with van der Waals surface area (Å²) in [5, 5.41) is 10.2. The molecule has 1 unspecified atom stereocenters. The summed E-state index contributed by atoms with van der Waals surface area (Å²) in [6, 6.07) is 1.46. The van der Waals surface area contributed by atoms with Crippen LogP contribution in [-0.4, -0.2) is 41.4 Å². The Balaban J connectivity index is 2.01.